The molecule has 3 aromatic rings. The van der Waals surface area contributed by atoms with Gasteiger partial charge in [0.25, 0.3) is 11.8 Å². The fourth-order valence-corrected chi connectivity index (χ4v) is 6.34. The zero-order valence-electron chi connectivity index (χ0n) is 21.0. The maximum absolute atomic E-state index is 13.6. The van der Waals surface area contributed by atoms with Gasteiger partial charge in [-0.1, -0.05) is 35.9 Å². The van der Waals surface area contributed by atoms with E-state index in [9.17, 15) is 22.4 Å². The zero-order valence-corrected chi connectivity index (χ0v) is 22.6. The van der Waals surface area contributed by atoms with Crippen LogP contribution in [0.1, 0.15) is 51.1 Å². The summed E-state index contributed by atoms with van der Waals surface area (Å²) in [6.07, 6.45) is 3.86. The van der Waals surface area contributed by atoms with Crippen molar-refractivity contribution in [1.29, 1.82) is 0 Å². The van der Waals surface area contributed by atoms with E-state index in [0.29, 0.717) is 31.6 Å². The van der Waals surface area contributed by atoms with E-state index < -0.39 is 15.4 Å². The van der Waals surface area contributed by atoms with Crippen molar-refractivity contribution in [3.63, 3.8) is 0 Å². The Kier molecular flexibility index (Phi) is 7.05. The molecule has 3 aromatic carbocycles. The number of carbonyl (C=O) groups excluding carboxylic acids is 2. The second-order valence-electron chi connectivity index (χ2n) is 10.2. The number of nitrogens with zero attached hydrogens (tertiary/aromatic N) is 2. The number of hydrogen-bond donors (Lipinski definition) is 0. The molecule has 0 aliphatic carbocycles. The molecular weight excluding hydrogens is 527 g/mol. The number of halogens is 2. The lowest BCUT2D eigenvalue weighted by Crippen LogP contribution is -2.69. The number of hydrogen-bond acceptors (Lipinski definition) is 4. The maximum atomic E-state index is 13.6. The normalized spacial score (nSPS) is 19.3. The van der Waals surface area contributed by atoms with Crippen LogP contribution in [0.2, 0.25) is 5.02 Å². The fraction of sp³-hybridized carbons (Fsp3) is 0.310. The second-order valence-corrected chi connectivity index (χ2v) is 12.6. The van der Waals surface area contributed by atoms with Crippen molar-refractivity contribution in [3.05, 3.63) is 99.8 Å². The van der Waals surface area contributed by atoms with E-state index in [1.807, 2.05) is 24.3 Å². The number of piperidine rings is 1. The van der Waals surface area contributed by atoms with Crippen molar-refractivity contribution in [1.82, 2.24) is 9.80 Å². The second kappa shape index (κ2) is 10.2. The Balaban J connectivity index is 1.34. The van der Waals surface area contributed by atoms with Crippen molar-refractivity contribution in [3.8, 4) is 0 Å². The summed E-state index contributed by atoms with van der Waals surface area (Å²) in [7, 11) is -3.50. The fourth-order valence-electron chi connectivity index (χ4n) is 5.49. The minimum atomic E-state index is -3.50. The molecule has 38 heavy (non-hydrogen) atoms. The molecule has 2 aliphatic heterocycles. The molecule has 0 saturated carbocycles. The summed E-state index contributed by atoms with van der Waals surface area (Å²) >= 11 is 6.31. The van der Waals surface area contributed by atoms with Crippen LogP contribution in [0.3, 0.4) is 0 Å². The minimum Gasteiger partial charge on any atom is -0.336 e. The van der Waals surface area contributed by atoms with E-state index in [2.05, 4.69) is 0 Å². The third kappa shape index (κ3) is 5.20. The highest BCUT2D eigenvalue weighted by molar-refractivity contribution is 7.90. The molecular formula is C29H28ClFN2O4S. The van der Waals surface area contributed by atoms with Gasteiger partial charge in [-0.15, -0.1) is 0 Å². The van der Waals surface area contributed by atoms with E-state index in [-0.39, 0.29) is 33.1 Å². The van der Waals surface area contributed by atoms with Crippen LogP contribution in [0, 0.1) is 5.82 Å². The summed E-state index contributed by atoms with van der Waals surface area (Å²) in [4.78, 5) is 30.6. The molecule has 1 unspecified atom stereocenters. The van der Waals surface area contributed by atoms with Gasteiger partial charge >= 0.3 is 0 Å². The predicted octanol–water partition coefficient (Wildman–Crippen LogP) is 4.99. The maximum Gasteiger partial charge on any atom is 0.255 e. The van der Waals surface area contributed by atoms with Crippen LogP contribution < -0.4 is 0 Å². The first-order chi connectivity index (χ1) is 18.1. The van der Waals surface area contributed by atoms with Crippen molar-refractivity contribution < 1.29 is 22.4 Å². The summed E-state index contributed by atoms with van der Waals surface area (Å²) < 4.78 is 37.7. The average Bonchev–Trinajstić information content (AvgIpc) is 2.87. The number of benzene rings is 3. The molecule has 0 radical (unpaired) electrons. The number of amides is 2. The van der Waals surface area contributed by atoms with Crippen LogP contribution in [0.15, 0.2) is 71.6 Å². The Morgan fingerprint density at radius 3 is 2.37 bits per heavy atom. The summed E-state index contributed by atoms with van der Waals surface area (Å²) in [6.45, 7) is 1.50. The minimum absolute atomic E-state index is 0.0402. The molecule has 2 heterocycles. The third-order valence-electron chi connectivity index (χ3n) is 7.53. The van der Waals surface area contributed by atoms with Crippen LogP contribution in [-0.2, 0) is 16.3 Å². The topological polar surface area (TPSA) is 74.8 Å². The number of carbonyl (C=O) groups is 2. The lowest BCUT2D eigenvalue weighted by Gasteiger charge is -2.57. The van der Waals surface area contributed by atoms with E-state index in [1.54, 1.807) is 21.9 Å². The van der Waals surface area contributed by atoms with Crippen LogP contribution in [0.25, 0.3) is 0 Å². The molecule has 2 aliphatic rings. The lowest BCUT2D eigenvalue weighted by molar-refractivity contribution is -0.0400. The largest absolute Gasteiger partial charge is 0.336 e. The molecule has 2 fully saturated rings. The van der Waals surface area contributed by atoms with Crippen molar-refractivity contribution in [2.24, 2.45) is 0 Å². The first kappa shape index (κ1) is 26.4. The molecule has 9 heteroatoms. The van der Waals surface area contributed by atoms with Crippen LogP contribution in [-0.4, -0.2) is 61.5 Å². The van der Waals surface area contributed by atoms with Crippen LogP contribution in [0.4, 0.5) is 4.39 Å². The summed E-state index contributed by atoms with van der Waals surface area (Å²) in [5.41, 5.74) is 1.94. The smallest absolute Gasteiger partial charge is 0.255 e. The van der Waals surface area contributed by atoms with E-state index in [1.165, 1.54) is 30.3 Å². The van der Waals surface area contributed by atoms with Gasteiger partial charge in [0.2, 0.25) is 0 Å². The third-order valence-corrected chi connectivity index (χ3v) is 8.97. The standard InChI is InChI=1S/C29H28ClFN2O4S/c1-38(36,37)24-9-10-26(30)25(18-24)28(35)33-14-12-29(33)11-4-13-32(19-29)27(34)22-7-2-5-20(16-22)15-21-6-3-8-23(31)17-21/h2-3,5-10,16-18H,4,11-15,19H2,1H3. The number of rotatable bonds is 5. The molecule has 1 spiro atoms. The van der Waals surface area contributed by atoms with E-state index in [0.717, 1.165) is 36.6 Å². The molecule has 6 nitrogen and oxygen atoms in total. The van der Waals surface area contributed by atoms with E-state index >= 15 is 0 Å². The molecule has 198 valence electrons. The number of sulfone groups is 1. The van der Waals surface area contributed by atoms with Gasteiger partial charge in [0.15, 0.2) is 9.84 Å². The van der Waals surface area contributed by atoms with Gasteiger partial charge in [0.1, 0.15) is 5.82 Å². The summed E-state index contributed by atoms with van der Waals surface area (Å²) in [5, 5.41) is 0.198. The number of likely N-dealkylation sites (tertiary alicyclic amines) is 2. The first-order valence-corrected chi connectivity index (χ1v) is 14.8. The predicted molar refractivity (Wildman–Crippen MR) is 144 cm³/mol. The molecule has 0 bridgehead atoms. The highest BCUT2D eigenvalue weighted by Crippen LogP contribution is 2.41. The van der Waals surface area contributed by atoms with Gasteiger partial charge in [0.05, 0.1) is 21.0 Å². The van der Waals surface area contributed by atoms with E-state index in [4.69, 9.17) is 11.6 Å². The molecule has 5 rings (SSSR count). The Labute approximate surface area is 226 Å². The Hall–Kier alpha value is -3.23. The Morgan fingerprint density at radius 1 is 0.947 bits per heavy atom. The van der Waals surface area contributed by atoms with Gasteiger partial charge in [-0.05, 0) is 79.3 Å². The quantitative estimate of drug-likeness (QED) is 0.445. The SMILES string of the molecule is CS(=O)(=O)c1ccc(Cl)c(C(=O)N2CCC23CCCN(C(=O)c2cccc(Cc4cccc(F)c4)c2)C3)c1. The first-order valence-electron chi connectivity index (χ1n) is 12.5. The van der Waals surface area contributed by atoms with Gasteiger partial charge in [0, 0.05) is 31.5 Å². The average molecular weight is 555 g/mol. The highest BCUT2D eigenvalue weighted by atomic mass is 35.5. The lowest BCUT2D eigenvalue weighted by atomic mass is 9.77. The summed E-state index contributed by atoms with van der Waals surface area (Å²) in [5.74, 6) is -0.725. The molecule has 2 saturated heterocycles. The monoisotopic (exact) mass is 554 g/mol. The van der Waals surface area contributed by atoms with Crippen molar-refractivity contribution in [2.75, 3.05) is 25.9 Å². The van der Waals surface area contributed by atoms with Gasteiger partial charge < -0.3 is 9.80 Å². The highest BCUT2D eigenvalue weighted by Gasteiger charge is 2.50. The van der Waals surface area contributed by atoms with Gasteiger partial charge in [-0.3, -0.25) is 9.59 Å². The molecule has 1 atom stereocenters. The Bertz CT molecular complexity index is 1530. The molecule has 0 aromatic heterocycles. The van der Waals surface area contributed by atoms with Crippen molar-refractivity contribution >= 4 is 33.3 Å². The van der Waals surface area contributed by atoms with Crippen molar-refractivity contribution in [2.45, 2.75) is 36.1 Å². The molecule has 2 amide bonds. The molecule has 0 N–H and O–H groups in total. The Morgan fingerprint density at radius 2 is 1.68 bits per heavy atom. The van der Waals surface area contributed by atoms with Crippen LogP contribution >= 0.6 is 11.6 Å². The van der Waals surface area contributed by atoms with Crippen LogP contribution in [0.5, 0.6) is 0 Å². The van der Waals surface area contributed by atoms with Gasteiger partial charge in [-0.2, -0.15) is 0 Å². The summed E-state index contributed by atoms with van der Waals surface area (Å²) in [6, 6.07) is 17.9. The van der Waals surface area contributed by atoms with Gasteiger partial charge in [-0.25, -0.2) is 12.8 Å². The zero-order chi connectivity index (χ0) is 27.1.